The molecule has 5 nitrogen and oxygen atoms in total. The third-order valence-electron chi connectivity index (χ3n) is 4.97. The van der Waals surface area contributed by atoms with Gasteiger partial charge in [-0.1, -0.05) is 24.3 Å². The van der Waals surface area contributed by atoms with E-state index in [9.17, 15) is 0 Å². The van der Waals surface area contributed by atoms with Crippen molar-refractivity contribution < 1.29 is 14.0 Å². The monoisotopic (exact) mass is 327 g/mol. The molecule has 3 rings (SSSR count). The number of hydrogen-bond acceptors (Lipinski definition) is 5. The van der Waals surface area contributed by atoms with Crippen molar-refractivity contribution in [2.45, 2.75) is 45.5 Å². The van der Waals surface area contributed by atoms with E-state index in [-0.39, 0.29) is 11.2 Å². The lowest BCUT2D eigenvalue weighted by atomic mass is 9.78. The van der Waals surface area contributed by atoms with E-state index in [1.165, 1.54) is 0 Å². The van der Waals surface area contributed by atoms with Gasteiger partial charge in [-0.3, -0.25) is 0 Å². The lowest BCUT2D eigenvalue weighted by Gasteiger charge is -2.37. The number of rotatable bonds is 4. The van der Waals surface area contributed by atoms with Crippen LogP contribution in [-0.2, 0) is 20.7 Å². The molecular formula is C18H24BN2O3-. The van der Waals surface area contributed by atoms with Crippen molar-refractivity contribution in [3.63, 3.8) is 0 Å². The molecule has 128 valence electrons. The zero-order valence-corrected chi connectivity index (χ0v) is 15.0. The Morgan fingerprint density at radius 2 is 1.67 bits per heavy atom. The van der Waals surface area contributed by atoms with Crippen molar-refractivity contribution in [3.8, 4) is 11.4 Å². The molecule has 6 heteroatoms. The second-order valence-corrected chi connectivity index (χ2v) is 7.26. The fraction of sp³-hybridized carbons (Fsp3) is 0.444. The van der Waals surface area contributed by atoms with Crippen molar-refractivity contribution in [2.75, 3.05) is 7.11 Å². The first-order valence-electron chi connectivity index (χ1n) is 8.25. The van der Waals surface area contributed by atoms with E-state index in [0.717, 1.165) is 16.6 Å². The molecule has 0 bridgehead atoms. The molecule has 2 aromatic rings. The van der Waals surface area contributed by atoms with Crippen LogP contribution in [0.2, 0.25) is 0 Å². The lowest BCUT2D eigenvalue weighted by Crippen LogP contribution is -2.41. The van der Waals surface area contributed by atoms with Crippen LogP contribution in [0.25, 0.3) is 11.4 Å². The Morgan fingerprint density at radius 1 is 1.04 bits per heavy atom. The number of methoxy groups -OCH3 is 1. The zero-order chi connectivity index (χ0) is 17.4. The molecule has 1 aliphatic rings. The second-order valence-electron chi connectivity index (χ2n) is 7.26. The maximum absolute atomic E-state index is 6.20. The smallest absolute Gasteiger partial charge is 0.255 e. The molecule has 0 unspecified atom stereocenters. The number of hydrogen-bond donors (Lipinski definition) is 0. The van der Waals surface area contributed by atoms with E-state index in [4.69, 9.17) is 14.0 Å². The average Bonchev–Trinajstić information content (AvgIpc) is 2.77. The van der Waals surface area contributed by atoms with Gasteiger partial charge in [0.05, 0.1) is 6.61 Å². The van der Waals surface area contributed by atoms with Crippen molar-refractivity contribution in [2.24, 2.45) is 0 Å². The van der Waals surface area contributed by atoms with Gasteiger partial charge in [0.25, 0.3) is 7.12 Å². The predicted octanol–water partition coefficient (Wildman–Crippen LogP) is 2.32. The maximum Gasteiger partial charge on any atom is 0.255 e. The van der Waals surface area contributed by atoms with Crippen LogP contribution in [0.15, 0.2) is 36.7 Å². The molecule has 0 aliphatic carbocycles. The molecule has 0 radical (unpaired) electrons. The minimum absolute atomic E-state index is 0.318. The summed E-state index contributed by atoms with van der Waals surface area (Å²) in [5.41, 5.74) is 2.33. The molecule has 0 amide bonds. The van der Waals surface area contributed by atoms with Crippen LogP contribution in [-0.4, -0.2) is 35.4 Å². The van der Waals surface area contributed by atoms with E-state index in [0.29, 0.717) is 12.4 Å². The molecule has 0 saturated carbocycles. The molecule has 1 aromatic carbocycles. The van der Waals surface area contributed by atoms with Crippen molar-refractivity contribution in [1.29, 1.82) is 0 Å². The summed E-state index contributed by atoms with van der Waals surface area (Å²) in [5, 5.41) is 0. The predicted molar refractivity (Wildman–Crippen MR) is 95.3 cm³/mol. The first-order valence-corrected chi connectivity index (χ1v) is 8.25. The molecule has 24 heavy (non-hydrogen) atoms. The molecule has 1 aromatic heterocycles. The summed E-state index contributed by atoms with van der Waals surface area (Å²) >= 11 is 0. The second kappa shape index (κ2) is 6.28. The highest BCUT2D eigenvalue weighted by Gasteiger charge is 2.43. The van der Waals surface area contributed by atoms with Crippen LogP contribution in [0.4, 0.5) is 0 Å². The molecule has 0 atom stereocenters. The van der Waals surface area contributed by atoms with Crippen LogP contribution in [0.1, 0.15) is 33.3 Å². The lowest BCUT2D eigenvalue weighted by molar-refractivity contribution is 0.00578. The van der Waals surface area contributed by atoms with Gasteiger partial charge in [0.1, 0.15) is 0 Å². The average molecular weight is 327 g/mol. The van der Waals surface area contributed by atoms with Gasteiger partial charge in [0, 0.05) is 41.8 Å². The Bertz CT molecular complexity index is 700. The molecular weight excluding hydrogens is 303 g/mol. The van der Waals surface area contributed by atoms with Crippen molar-refractivity contribution in [3.05, 3.63) is 42.2 Å². The highest BCUT2D eigenvalue weighted by Crippen LogP contribution is 2.36. The van der Waals surface area contributed by atoms with Crippen LogP contribution >= 0.6 is 0 Å². The van der Waals surface area contributed by atoms with E-state index in [1.807, 2.05) is 18.2 Å². The largest absolute Gasteiger partial charge is 0.560 e. The van der Waals surface area contributed by atoms with Gasteiger partial charge in [-0.05, 0) is 27.7 Å². The third-order valence-corrected chi connectivity index (χ3v) is 4.97. The fourth-order valence-corrected chi connectivity index (χ4v) is 2.83. The number of aromatic nitrogens is 2. The van der Waals surface area contributed by atoms with E-state index >= 15 is 0 Å². The van der Waals surface area contributed by atoms with Crippen LogP contribution in [0, 0.1) is 0 Å². The molecule has 0 N–H and O–H groups in total. The highest BCUT2D eigenvalue weighted by molar-refractivity contribution is 6.62. The summed E-state index contributed by atoms with van der Waals surface area (Å²) in [6, 6.07) is 8.09. The Hall–Kier alpha value is -1.76. The van der Waals surface area contributed by atoms with Gasteiger partial charge in [0.15, 0.2) is 5.82 Å². The first kappa shape index (κ1) is 17.1. The van der Waals surface area contributed by atoms with Gasteiger partial charge in [-0.15, -0.1) is 0 Å². The molecule has 1 fully saturated rings. The van der Waals surface area contributed by atoms with E-state index in [1.54, 1.807) is 19.5 Å². The Morgan fingerprint density at radius 3 is 2.25 bits per heavy atom. The molecule has 0 spiro atoms. The summed E-state index contributed by atoms with van der Waals surface area (Å²) < 4.78 is 17.5. The summed E-state index contributed by atoms with van der Waals surface area (Å²) in [5.74, 6) is 0.688. The summed E-state index contributed by atoms with van der Waals surface area (Å²) in [7, 11) is 0.340. The maximum atomic E-state index is 6.20. The normalized spacial score (nSPS) is 19.5. The SMILES string of the molecule is COCc1cnc(-c2cccc([BH-]3OC(C)(C)C(C)(C)O3)c2)nc1. The van der Waals surface area contributed by atoms with Gasteiger partial charge in [-0.2, -0.15) is 5.46 Å². The minimum Gasteiger partial charge on any atom is -0.560 e. The fourth-order valence-electron chi connectivity index (χ4n) is 2.83. The van der Waals surface area contributed by atoms with Crippen LogP contribution in [0.3, 0.4) is 0 Å². The van der Waals surface area contributed by atoms with Crippen molar-refractivity contribution >= 4 is 12.6 Å². The topological polar surface area (TPSA) is 53.5 Å². The quantitative estimate of drug-likeness (QED) is 0.807. The van der Waals surface area contributed by atoms with E-state index < -0.39 is 7.12 Å². The number of nitrogens with zero attached hydrogens (tertiary/aromatic N) is 2. The Labute approximate surface area is 143 Å². The zero-order valence-electron chi connectivity index (χ0n) is 15.0. The van der Waals surface area contributed by atoms with E-state index in [2.05, 4.69) is 43.7 Å². The molecule has 1 aliphatic heterocycles. The third kappa shape index (κ3) is 3.22. The van der Waals surface area contributed by atoms with Crippen molar-refractivity contribution in [1.82, 2.24) is 9.97 Å². The molecule has 2 heterocycles. The first-order chi connectivity index (χ1) is 11.3. The summed E-state index contributed by atoms with van der Waals surface area (Å²) in [6.45, 7) is 8.80. The van der Waals surface area contributed by atoms with Gasteiger partial charge >= 0.3 is 0 Å². The van der Waals surface area contributed by atoms with Crippen LogP contribution in [0.5, 0.6) is 0 Å². The van der Waals surface area contributed by atoms with Gasteiger partial charge in [0.2, 0.25) is 0 Å². The Kier molecular flexibility index (Phi) is 4.47. The highest BCUT2D eigenvalue weighted by atomic mass is 16.7. The standard InChI is InChI=1S/C18H24BN2O3/c1-17(2)18(3,4)24-19(23-17)15-8-6-7-14(9-15)16-20-10-13(11-21-16)12-22-5/h6-11,19H,12H2,1-5H3/q-1. The van der Waals surface area contributed by atoms with Gasteiger partial charge < -0.3 is 14.0 Å². The molecule has 1 saturated heterocycles. The van der Waals surface area contributed by atoms with Gasteiger partial charge in [-0.25, -0.2) is 9.97 Å². The Balaban J connectivity index is 1.85. The number of benzene rings is 1. The minimum atomic E-state index is -1.32. The van der Waals surface area contributed by atoms with Crippen LogP contribution < -0.4 is 5.46 Å². The summed E-state index contributed by atoms with van der Waals surface area (Å²) in [4.78, 5) is 8.86. The number of ether oxygens (including phenoxy) is 1. The summed E-state index contributed by atoms with van der Waals surface area (Å²) in [6.07, 6.45) is 3.58.